The first-order chi connectivity index (χ1) is 7.20. The van der Waals surface area contributed by atoms with Crippen LogP contribution in [0.1, 0.15) is 11.3 Å². The van der Waals surface area contributed by atoms with Gasteiger partial charge in [0.2, 0.25) is 0 Å². The van der Waals surface area contributed by atoms with Crippen LogP contribution in [0.3, 0.4) is 0 Å². The molecule has 3 nitrogen and oxygen atoms in total. The molecule has 0 aliphatic rings. The molecule has 1 N–H and O–H groups in total. The van der Waals surface area contributed by atoms with Crippen molar-refractivity contribution in [2.75, 3.05) is 0 Å². The van der Waals surface area contributed by atoms with E-state index < -0.39 is 0 Å². The third-order valence-electron chi connectivity index (χ3n) is 2.23. The second-order valence-electron chi connectivity index (χ2n) is 3.34. The molecule has 1 aromatic heterocycles. The first kappa shape index (κ1) is 10.2. The number of aryl methyl sites for hydroxylation is 1. The number of hydrogen-bond donors (Lipinski definition) is 1. The summed E-state index contributed by atoms with van der Waals surface area (Å²) in [5.41, 5.74) is 2.58. The van der Waals surface area contributed by atoms with E-state index in [4.69, 9.17) is 16.7 Å². The molecule has 1 heterocycles. The third kappa shape index (κ3) is 2.03. The van der Waals surface area contributed by atoms with Gasteiger partial charge in [-0.3, -0.25) is 0 Å². The smallest absolute Gasteiger partial charge is 0.0883 e. The standard InChI is InChI=1S/C11H11ClN2O/c1-8-2-3-10(6-11(8)12)14-5-4-9(7-15)13-14/h2-6,15H,7H2,1H3. The van der Waals surface area contributed by atoms with E-state index in [2.05, 4.69) is 5.10 Å². The highest BCUT2D eigenvalue weighted by Gasteiger charge is 2.02. The summed E-state index contributed by atoms with van der Waals surface area (Å²) in [6.45, 7) is 1.90. The van der Waals surface area contributed by atoms with E-state index in [0.717, 1.165) is 11.3 Å². The van der Waals surface area contributed by atoms with Crippen molar-refractivity contribution in [3.63, 3.8) is 0 Å². The second-order valence-corrected chi connectivity index (χ2v) is 3.75. The van der Waals surface area contributed by atoms with E-state index in [1.807, 2.05) is 25.1 Å². The Bertz CT molecular complexity index is 479. The average Bonchev–Trinajstić information content (AvgIpc) is 2.70. The van der Waals surface area contributed by atoms with Gasteiger partial charge in [-0.25, -0.2) is 4.68 Å². The van der Waals surface area contributed by atoms with Crippen molar-refractivity contribution in [3.05, 3.63) is 46.7 Å². The Kier molecular flexibility index (Phi) is 2.75. The number of aliphatic hydroxyl groups excluding tert-OH is 1. The molecule has 2 aromatic rings. The van der Waals surface area contributed by atoms with E-state index in [0.29, 0.717) is 10.7 Å². The van der Waals surface area contributed by atoms with Crippen molar-refractivity contribution >= 4 is 11.6 Å². The molecule has 15 heavy (non-hydrogen) atoms. The van der Waals surface area contributed by atoms with Crippen LogP contribution in [-0.4, -0.2) is 14.9 Å². The summed E-state index contributed by atoms with van der Waals surface area (Å²) in [5, 5.41) is 13.8. The lowest BCUT2D eigenvalue weighted by atomic mass is 10.2. The predicted molar refractivity (Wildman–Crippen MR) is 59.2 cm³/mol. The molecule has 0 bridgehead atoms. The van der Waals surface area contributed by atoms with Crippen molar-refractivity contribution in [3.8, 4) is 5.69 Å². The SMILES string of the molecule is Cc1ccc(-n2ccc(CO)n2)cc1Cl. The predicted octanol–water partition coefficient (Wildman–Crippen LogP) is 2.33. The normalized spacial score (nSPS) is 10.6. The molecule has 4 heteroatoms. The Morgan fingerprint density at radius 1 is 1.40 bits per heavy atom. The minimum atomic E-state index is -0.0490. The molecule has 0 spiro atoms. The number of nitrogens with zero attached hydrogens (tertiary/aromatic N) is 2. The number of rotatable bonds is 2. The van der Waals surface area contributed by atoms with Gasteiger partial charge >= 0.3 is 0 Å². The number of halogens is 1. The fourth-order valence-corrected chi connectivity index (χ4v) is 1.49. The topological polar surface area (TPSA) is 38.0 Å². The highest BCUT2D eigenvalue weighted by Crippen LogP contribution is 2.19. The van der Waals surface area contributed by atoms with Crippen molar-refractivity contribution in [1.82, 2.24) is 9.78 Å². The molecular formula is C11H11ClN2O. The van der Waals surface area contributed by atoms with Gasteiger partial charge in [-0.2, -0.15) is 5.10 Å². The Labute approximate surface area is 92.9 Å². The van der Waals surface area contributed by atoms with Gasteiger partial charge < -0.3 is 5.11 Å². The molecule has 0 saturated carbocycles. The largest absolute Gasteiger partial charge is 0.390 e. The van der Waals surface area contributed by atoms with Crippen LogP contribution in [0.15, 0.2) is 30.5 Å². The van der Waals surface area contributed by atoms with Gasteiger partial charge in [-0.1, -0.05) is 17.7 Å². The van der Waals surface area contributed by atoms with Crippen LogP contribution >= 0.6 is 11.6 Å². The molecule has 78 valence electrons. The lowest BCUT2D eigenvalue weighted by molar-refractivity contribution is 0.276. The summed E-state index contributed by atoms with van der Waals surface area (Å²) < 4.78 is 1.69. The Balaban J connectivity index is 2.40. The number of aromatic nitrogens is 2. The van der Waals surface area contributed by atoms with Crippen molar-refractivity contribution in [2.45, 2.75) is 13.5 Å². The maximum atomic E-state index is 8.89. The van der Waals surface area contributed by atoms with Crippen LogP contribution in [0, 0.1) is 6.92 Å². The zero-order chi connectivity index (χ0) is 10.8. The van der Waals surface area contributed by atoms with E-state index in [1.165, 1.54) is 0 Å². The molecular weight excluding hydrogens is 212 g/mol. The summed E-state index contributed by atoms with van der Waals surface area (Å²) in [6, 6.07) is 7.51. The van der Waals surface area contributed by atoms with E-state index >= 15 is 0 Å². The van der Waals surface area contributed by atoms with Crippen LogP contribution < -0.4 is 0 Å². The van der Waals surface area contributed by atoms with E-state index in [1.54, 1.807) is 16.9 Å². The zero-order valence-electron chi connectivity index (χ0n) is 8.31. The lowest BCUT2D eigenvalue weighted by Crippen LogP contribution is -1.96. The van der Waals surface area contributed by atoms with Gasteiger partial charge in [0.15, 0.2) is 0 Å². The fraction of sp³-hybridized carbons (Fsp3) is 0.182. The minimum absolute atomic E-state index is 0.0490. The van der Waals surface area contributed by atoms with Gasteiger partial charge in [-0.05, 0) is 30.7 Å². The van der Waals surface area contributed by atoms with Crippen LogP contribution in [0.4, 0.5) is 0 Å². The van der Waals surface area contributed by atoms with Gasteiger partial charge in [-0.15, -0.1) is 0 Å². The summed E-state index contributed by atoms with van der Waals surface area (Å²) >= 11 is 6.01. The first-order valence-electron chi connectivity index (χ1n) is 4.62. The molecule has 0 aliphatic carbocycles. The number of aliphatic hydroxyl groups is 1. The highest BCUT2D eigenvalue weighted by atomic mass is 35.5. The van der Waals surface area contributed by atoms with Gasteiger partial charge in [0, 0.05) is 11.2 Å². The molecule has 0 radical (unpaired) electrons. The van der Waals surface area contributed by atoms with E-state index in [-0.39, 0.29) is 6.61 Å². The Morgan fingerprint density at radius 2 is 2.20 bits per heavy atom. The molecule has 0 unspecified atom stereocenters. The van der Waals surface area contributed by atoms with E-state index in [9.17, 15) is 0 Å². The van der Waals surface area contributed by atoms with Gasteiger partial charge in [0.05, 0.1) is 18.0 Å². The molecule has 0 atom stereocenters. The minimum Gasteiger partial charge on any atom is -0.390 e. The monoisotopic (exact) mass is 222 g/mol. The number of benzene rings is 1. The Hall–Kier alpha value is -1.32. The lowest BCUT2D eigenvalue weighted by Gasteiger charge is -2.03. The molecule has 0 aliphatic heterocycles. The molecule has 0 fully saturated rings. The maximum Gasteiger partial charge on any atom is 0.0883 e. The van der Waals surface area contributed by atoms with Crippen molar-refractivity contribution in [2.24, 2.45) is 0 Å². The molecule has 1 aromatic carbocycles. The molecule has 0 saturated heterocycles. The van der Waals surface area contributed by atoms with Gasteiger partial charge in [0.25, 0.3) is 0 Å². The maximum absolute atomic E-state index is 8.89. The van der Waals surface area contributed by atoms with Crippen LogP contribution in [-0.2, 0) is 6.61 Å². The fourth-order valence-electron chi connectivity index (χ4n) is 1.31. The summed E-state index contributed by atoms with van der Waals surface area (Å²) in [7, 11) is 0. The van der Waals surface area contributed by atoms with Crippen LogP contribution in [0.5, 0.6) is 0 Å². The first-order valence-corrected chi connectivity index (χ1v) is 5.00. The van der Waals surface area contributed by atoms with Crippen molar-refractivity contribution in [1.29, 1.82) is 0 Å². The number of hydrogen-bond acceptors (Lipinski definition) is 2. The third-order valence-corrected chi connectivity index (χ3v) is 2.63. The van der Waals surface area contributed by atoms with Crippen LogP contribution in [0.25, 0.3) is 5.69 Å². The summed E-state index contributed by atoms with van der Waals surface area (Å²) in [5.74, 6) is 0. The quantitative estimate of drug-likeness (QED) is 0.847. The second kappa shape index (κ2) is 4.04. The molecule has 2 rings (SSSR count). The highest BCUT2D eigenvalue weighted by molar-refractivity contribution is 6.31. The molecule has 0 amide bonds. The van der Waals surface area contributed by atoms with Gasteiger partial charge in [0.1, 0.15) is 0 Å². The summed E-state index contributed by atoms with van der Waals surface area (Å²) in [4.78, 5) is 0. The summed E-state index contributed by atoms with van der Waals surface area (Å²) in [6.07, 6.45) is 1.80. The van der Waals surface area contributed by atoms with Crippen LogP contribution in [0.2, 0.25) is 5.02 Å². The zero-order valence-corrected chi connectivity index (χ0v) is 9.07. The Morgan fingerprint density at radius 3 is 2.80 bits per heavy atom. The average molecular weight is 223 g/mol. The van der Waals surface area contributed by atoms with Crippen molar-refractivity contribution < 1.29 is 5.11 Å².